The van der Waals surface area contributed by atoms with Crippen LogP contribution in [-0.2, 0) is 0 Å². The van der Waals surface area contributed by atoms with E-state index in [1.165, 1.54) is 0 Å². The second-order valence-corrected chi connectivity index (χ2v) is 16.6. The molecule has 0 fully saturated rings. The molecule has 0 amide bonds. The summed E-state index contributed by atoms with van der Waals surface area (Å²) in [6.45, 7) is 7.42. The summed E-state index contributed by atoms with van der Waals surface area (Å²) in [5.74, 6) is 0. The number of hydrogen-bond donors (Lipinski definition) is 0. The molecule has 8 nitrogen and oxygen atoms in total. The molecule has 9 aromatic carbocycles. The summed E-state index contributed by atoms with van der Waals surface area (Å²) in [4.78, 5) is 8.31. The molecule has 11 aromatic rings. The van der Waals surface area contributed by atoms with Crippen LogP contribution in [-0.4, -0.2) is 15.9 Å². The highest BCUT2D eigenvalue weighted by Gasteiger charge is 2.38. The Bertz CT molecular complexity index is 3810. The predicted molar refractivity (Wildman–Crippen MR) is 270 cm³/mol. The third-order valence-corrected chi connectivity index (χ3v) is 12.9. The van der Waals surface area contributed by atoms with Crippen LogP contribution in [0, 0.1) is 40.6 Å². The van der Waals surface area contributed by atoms with Gasteiger partial charge >= 0.3 is 6.85 Å². The van der Waals surface area contributed by atoms with Crippen molar-refractivity contribution in [1.82, 2.24) is 9.05 Å². The molecular formula is C58H33BN8. The lowest BCUT2D eigenvalue weighted by Gasteiger charge is -2.31. The van der Waals surface area contributed by atoms with Crippen molar-refractivity contribution in [2.45, 2.75) is 0 Å². The molecule has 67 heavy (non-hydrogen) atoms. The Hall–Kier alpha value is -9.80. The predicted octanol–water partition coefficient (Wildman–Crippen LogP) is 13.0. The molecule has 0 saturated heterocycles. The average molecular weight is 853 g/mol. The first kappa shape index (κ1) is 38.8. The van der Waals surface area contributed by atoms with Crippen molar-refractivity contribution >= 4 is 101 Å². The highest BCUT2D eigenvalue weighted by atomic mass is 15.2. The number of rotatable bonds is 7. The molecule has 0 atom stereocenters. The molecule has 2 aromatic heterocycles. The van der Waals surface area contributed by atoms with E-state index in [2.05, 4.69) is 163 Å². The van der Waals surface area contributed by atoms with Crippen LogP contribution < -0.4 is 20.7 Å². The third kappa shape index (κ3) is 5.98. The van der Waals surface area contributed by atoms with Crippen LogP contribution in [0.15, 0.2) is 200 Å². The molecule has 3 heterocycles. The molecule has 1 aliphatic rings. The minimum absolute atomic E-state index is 0.301. The monoisotopic (exact) mass is 852 g/mol. The fourth-order valence-electron chi connectivity index (χ4n) is 10.3. The quantitative estimate of drug-likeness (QED) is 0.118. The zero-order chi connectivity index (χ0) is 45.2. The van der Waals surface area contributed by atoms with Gasteiger partial charge in [-0.25, -0.2) is 4.85 Å². The second kappa shape index (κ2) is 15.5. The zero-order valence-corrected chi connectivity index (χ0v) is 35.7. The van der Waals surface area contributed by atoms with Crippen molar-refractivity contribution in [2.75, 3.05) is 9.80 Å². The number of benzene rings is 9. The van der Waals surface area contributed by atoms with Crippen molar-refractivity contribution in [3.63, 3.8) is 0 Å². The molecule has 0 saturated carbocycles. The lowest BCUT2D eigenvalue weighted by molar-refractivity contribution is 1.17. The molecule has 0 aliphatic carbocycles. The van der Waals surface area contributed by atoms with E-state index in [0.29, 0.717) is 44.2 Å². The maximum atomic E-state index is 10.9. The summed E-state index contributed by atoms with van der Waals surface area (Å²) in [7, 11) is 0. The zero-order valence-electron chi connectivity index (χ0n) is 35.7. The van der Waals surface area contributed by atoms with Gasteiger partial charge in [0.15, 0.2) is 5.69 Å². The largest absolute Gasteiger partial charge is 0.374 e. The normalized spacial score (nSPS) is 11.5. The first-order valence-corrected chi connectivity index (χ1v) is 21.8. The van der Waals surface area contributed by atoms with E-state index in [4.69, 9.17) is 6.57 Å². The van der Waals surface area contributed by atoms with Crippen LogP contribution in [0.3, 0.4) is 0 Å². The van der Waals surface area contributed by atoms with Gasteiger partial charge in [-0.3, -0.25) is 0 Å². The van der Waals surface area contributed by atoms with Crippen LogP contribution in [0.25, 0.3) is 54.1 Å². The Balaban J connectivity index is 1.26. The third-order valence-electron chi connectivity index (χ3n) is 12.9. The number of para-hydroxylation sites is 5. The minimum atomic E-state index is -0.584. The van der Waals surface area contributed by atoms with Gasteiger partial charge in [-0.1, -0.05) is 91.0 Å². The van der Waals surface area contributed by atoms with Crippen LogP contribution >= 0.6 is 0 Å². The van der Waals surface area contributed by atoms with Crippen LogP contribution in [0.5, 0.6) is 0 Å². The van der Waals surface area contributed by atoms with Crippen LogP contribution in [0.1, 0.15) is 16.7 Å². The fourth-order valence-corrected chi connectivity index (χ4v) is 10.3. The maximum Gasteiger partial charge on any atom is 0.332 e. The van der Waals surface area contributed by atoms with E-state index >= 15 is 0 Å². The molecule has 0 bridgehead atoms. The highest BCUT2D eigenvalue weighted by molar-refractivity contribution is 6.88. The molecule has 308 valence electrons. The highest BCUT2D eigenvalue weighted by Crippen LogP contribution is 2.45. The Kier molecular flexibility index (Phi) is 8.97. The Morgan fingerprint density at radius 3 is 1.51 bits per heavy atom. The number of fused-ring (bicyclic) bond motifs is 8. The van der Waals surface area contributed by atoms with Gasteiger partial charge in [0.05, 0.1) is 57.5 Å². The molecule has 0 N–H and O–H groups in total. The smallest absolute Gasteiger partial charge is 0.332 e. The fraction of sp³-hybridized carbons (Fsp3) is 0. The lowest BCUT2D eigenvalue weighted by atomic mass is 9.48. The number of anilines is 6. The van der Waals surface area contributed by atoms with E-state index in [0.717, 1.165) is 72.5 Å². The summed E-state index contributed by atoms with van der Waals surface area (Å²) in [5, 5.41) is 35.4. The summed E-state index contributed by atoms with van der Waals surface area (Å²) >= 11 is 0. The summed E-state index contributed by atoms with van der Waals surface area (Å²) in [5.41, 5.74) is 13.2. The number of hydrogen-bond acceptors (Lipinski definition) is 5. The molecule has 12 rings (SSSR count). The van der Waals surface area contributed by atoms with Gasteiger partial charge in [0.1, 0.15) is 6.07 Å². The lowest BCUT2D eigenvalue weighted by Crippen LogP contribution is -2.53. The van der Waals surface area contributed by atoms with Crippen LogP contribution in [0.2, 0.25) is 0 Å². The molecule has 0 spiro atoms. The second-order valence-electron chi connectivity index (χ2n) is 16.6. The Morgan fingerprint density at radius 2 is 0.940 bits per heavy atom. The van der Waals surface area contributed by atoms with Gasteiger partial charge in [0.2, 0.25) is 0 Å². The SMILES string of the molecule is [C-]#[N+]c1cc(C#N)c2c(c1)c1cc(C#N)cc(C#N)c1n2B1c2ccccc2-n2c3ccc(N(c4ccccc4)c4ccccc4)cc3c3cc(N(c4ccccc4)c4ccccc4)cc1c32. The Morgan fingerprint density at radius 1 is 0.433 bits per heavy atom. The molecule has 0 radical (unpaired) electrons. The van der Waals surface area contributed by atoms with Crippen molar-refractivity contribution in [2.24, 2.45) is 0 Å². The number of nitriles is 3. The topological polar surface area (TPSA) is 92.1 Å². The van der Waals surface area contributed by atoms with E-state index in [-0.39, 0.29) is 0 Å². The van der Waals surface area contributed by atoms with Gasteiger partial charge < -0.3 is 18.8 Å². The van der Waals surface area contributed by atoms with Gasteiger partial charge in [0, 0.05) is 56.0 Å². The molecule has 1 aliphatic heterocycles. The Labute approximate surface area is 386 Å². The summed E-state index contributed by atoms with van der Waals surface area (Å²) < 4.78 is 4.49. The van der Waals surface area contributed by atoms with Gasteiger partial charge in [-0.2, -0.15) is 15.8 Å². The van der Waals surface area contributed by atoms with Crippen LogP contribution in [0.4, 0.5) is 39.8 Å². The molecular weight excluding hydrogens is 820 g/mol. The standard InChI is InChI=1S/C58H33BN8/c1-63-41-30-40(37-62)57-50(31-41)49-29-38(35-60)28-39(36-61)56(49)67(57)59-52-24-14-15-25-55(52)66-54-27-26-46(64(42-16-6-2-7-17-42)43-18-8-3-9-19-43)32-48(54)51-33-47(34-53(59)58(51)66)65(44-20-10-4-11-21-44)45-22-12-5-13-23-45/h2-34H. The minimum Gasteiger partial charge on any atom is -0.374 e. The average Bonchev–Trinajstić information content (AvgIpc) is 3.90. The van der Waals surface area contributed by atoms with E-state index in [1.807, 2.05) is 54.6 Å². The maximum absolute atomic E-state index is 10.9. The van der Waals surface area contributed by atoms with E-state index in [9.17, 15) is 15.8 Å². The molecule has 9 heteroatoms. The van der Waals surface area contributed by atoms with Gasteiger partial charge in [-0.05, 0) is 126 Å². The first-order chi connectivity index (χ1) is 33.1. The molecule has 0 unspecified atom stereocenters. The summed E-state index contributed by atoms with van der Waals surface area (Å²) in [6, 6.07) is 75.0. The number of nitrogens with zero attached hydrogens (tertiary/aromatic N) is 8. The van der Waals surface area contributed by atoms with Gasteiger partial charge in [-0.15, -0.1) is 0 Å². The van der Waals surface area contributed by atoms with Crippen molar-refractivity contribution in [1.29, 1.82) is 15.8 Å². The summed E-state index contributed by atoms with van der Waals surface area (Å²) in [6.07, 6.45) is 0. The van der Waals surface area contributed by atoms with Crippen molar-refractivity contribution in [3.8, 4) is 23.9 Å². The van der Waals surface area contributed by atoms with Gasteiger partial charge in [0.25, 0.3) is 0 Å². The van der Waals surface area contributed by atoms with Crippen molar-refractivity contribution < 1.29 is 0 Å². The van der Waals surface area contributed by atoms with E-state index in [1.54, 1.807) is 24.3 Å². The number of aromatic nitrogens is 2. The van der Waals surface area contributed by atoms with Crippen molar-refractivity contribution in [3.05, 3.63) is 228 Å². The van der Waals surface area contributed by atoms with E-state index < -0.39 is 6.85 Å². The first-order valence-electron chi connectivity index (χ1n) is 21.8.